The summed E-state index contributed by atoms with van der Waals surface area (Å²) in [5.41, 5.74) is 0.745. The van der Waals surface area contributed by atoms with Crippen LogP contribution in [0.2, 0.25) is 10.0 Å². The van der Waals surface area contributed by atoms with Gasteiger partial charge in [0.05, 0.1) is 18.3 Å². The van der Waals surface area contributed by atoms with Crippen LogP contribution in [0.4, 0.5) is 0 Å². The van der Waals surface area contributed by atoms with Gasteiger partial charge in [0, 0.05) is 10.6 Å². The van der Waals surface area contributed by atoms with Gasteiger partial charge < -0.3 is 4.74 Å². The summed E-state index contributed by atoms with van der Waals surface area (Å²) in [6.07, 6.45) is 4.68. The molecule has 2 aromatic rings. The van der Waals surface area contributed by atoms with E-state index < -0.39 is 0 Å². The summed E-state index contributed by atoms with van der Waals surface area (Å²) in [5, 5.41) is 5.05. The summed E-state index contributed by atoms with van der Waals surface area (Å²) in [5.74, 6) is 0.581. The lowest BCUT2D eigenvalue weighted by atomic mass is 10.2. The highest BCUT2D eigenvalue weighted by Crippen LogP contribution is 2.27. The van der Waals surface area contributed by atoms with E-state index in [4.69, 9.17) is 27.9 Å². The molecule has 0 N–H and O–H groups in total. The summed E-state index contributed by atoms with van der Waals surface area (Å²) in [6.45, 7) is 0. The number of nitrogens with zero attached hydrogens (tertiary/aromatic N) is 3. The van der Waals surface area contributed by atoms with E-state index >= 15 is 0 Å². The van der Waals surface area contributed by atoms with Crippen molar-refractivity contribution in [2.24, 2.45) is 0 Å². The Bertz CT molecular complexity index is 538. The van der Waals surface area contributed by atoms with Crippen molar-refractivity contribution in [1.82, 2.24) is 14.8 Å². The quantitative estimate of drug-likeness (QED) is 0.804. The first-order valence-electron chi connectivity index (χ1n) is 4.76. The average Bonchev–Trinajstić information content (AvgIpc) is 2.79. The molecule has 0 fully saturated rings. The van der Waals surface area contributed by atoms with Crippen LogP contribution in [0.15, 0.2) is 30.9 Å². The fraction of sp³-hybridized carbons (Fsp3) is 0.0909. The third-order valence-corrected chi connectivity index (χ3v) is 2.65. The number of benzene rings is 1. The van der Waals surface area contributed by atoms with Crippen molar-refractivity contribution in [2.45, 2.75) is 0 Å². The van der Waals surface area contributed by atoms with Crippen LogP contribution in [-0.2, 0) is 4.74 Å². The van der Waals surface area contributed by atoms with Gasteiger partial charge in [-0.15, -0.1) is 0 Å². The maximum atomic E-state index is 6.09. The molecule has 0 spiro atoms. The lowest BCUT2D eigenvalue weighted by Crippen LogP contribution is -1.94. The van der Waals surface area contributed by atoms with Crippen LogP contribution in [0, 0.1) is 0 Å². The molecule has 0 saturated carbocycles. The molecule has 6 heteroatoms. The second-order valence-corrected chi connectivity index (χ2v) is 4.04. The average molecular weight is 270 g/mol. The molecular weight excluding hydrogens is 261 g/mol. The Morgan fingerprint density at radius 2 is 2.24 bits per heavy atom. The summed E-state index contributed by atoms with van der Waals surface area (Å²) < 4.78 is 6.81. The lowest BCUT2D eigenvalue weighted by Gasteiger charge is -2.08. The second kappa shape index (κ2) is 5.21. The number of aromatic nitrogens is 3. The molecule has 0 amide bonds. The van der Waals surface area contributed by atoms with Gasteiger partial charge in [0.25, 0.3) is 0 Å². The summed E-state index contributed by atoms with van der Waals surface area (Å²) in [4.78, 5) is 3.84. The van der Waals surface area contributed by atoms with Crippen molar-refractivity contribution in [3.63, 3.8) is 0 Å². The molecule has 4 nitrogen and oxygen atoms in total. The van der Waals surface area contributed by atoms with Gasteiger partial charge in [-0.25, -0.2) is 9.67 Å². The van der Waals surface area contributed by atoms with E-state index in [1.54, 1.807) is 37.8 Å². The normalized spacial score (nSPS) is 11.6. The fourth-order valence-electron chi connectivity index (χ4n) is 1.33. The molecule has 0 radical (unpaired) electrons. The standard InChI is InChI=1S/C11H9Cl2N3O/c1-17-11(5-16-7-14-6-15-16)9-3-2-8(12)4-10(9)13/h2-7H,1H3/b11-5-. The lowest BCUT2D eigenvalue weighted by molar-refractivity contribution is 0.371. The molecule has 1 heterocycles. The van der Waals surface area contributed by atoms with Crippen molar-refractivity contribution >= 4 is 35.2 Å². The van der Waals surface area contributed by atoms with Gasteiger partial charge in [-0.2, -0.15) is 5.10 Å². The molecular formula is C11H9Cl2N3O. The minimum Gasteiger partial charge on any atom is -0.494 e. The van der Waals surface area contributed by atoms with Crippen LogP contribution in [0.25, 0.3) is 12.0 Å². The van der Waals surface area contributed by atoms with Crippen molar-refractivity contribution in [1.29, 1.82) is 0 Å². The molecule has 0 aliphatic rings. The number of hydrogen-bond acceptors (Lipinski definition) is 3. The van der Waals surface area contributed by atoms with Crippen LogP contribution in [0.5, 0.6) is 0 Å². The number of rotatable bonds is 3. The molecule has 0 unspecified atom stereocenters. The highest BCUT2D eigenvalue weighted by molar-refractivity contribution is 6.35. The van der Waals surface area contributed by atoms with Crippen molar-refractivity contribution < 1.29 is 4.74 Å². The predicted octanol–water partition coefficient (Wildman–Crippen LogP) is 3.19. The van der Waals surface area contributed by atoms with Gasteiger partial charge >= 0.3 is 0 Å². The van der Waals surface area contributed by atoms with Gasteiger partial charge in [-0.3, -0.25) is 0 Å². The van der Waals surface area contributed by atoms with E-state index in [1.165, 1.54) is 11.0 Å². The number of methoxy groups -OCH3 is 1. The minimum absolute atomic E-state index is 0.519. The van der Waals surface area contributed by atoms with Gasteiger partial charge in [0.2, 0.25) is 0 Å². The van der Waals surface area contributed by atoms with E-state index in [0.717, 1.165) is 5.56 Å². The molecule has 1 aromatic carbocycles. The zero-order valence-electron chi connectivity index (χ0n) is 8.97. The Hall–Kier alpha value is -1.52. The number of ether oxygens (including phenoxy) is 1. The first-order chi connectivity index (χ1) is 8.20. The molecule has 17 heavy (non-hydrogen) atoms. The van der Waals surface area contributed by atoms with E-state index in [2.05, 4.69) is 10.1 Å². The van der Waals surface area contributed by atoms with E-state index in [-0.39, 0.29) is 0 Å². The molecule has 0 aliphatic carbocycles. The van der Waals surface area contributed by atoms with E-state index in [0.29, 0.717) is 15.8 Å². The molecule has 0 bridgehead atoms. The largest absolute Gasteiger partial charge is 0.494 e. The van der Waals surface area contributed by atoms with Crippen molar-refractivity contribution in [3.05, 3.63) is 46.5 Å². The molecule has 2 rings (SSSR count). The Labute approximate surface area is 108 Å². The van der Waals surface area contributed by atoms with Crippen molar-refractivity contribution in [3.8, 4) is 0 Å². The van der Waals surface area contributed by atoms with Crippen LogP contribution < -0.4 is 0 Å². The monoisotopic (exact) mass is 269 g/mol. The Morgan fingerprint density at radius 1 is 1.41 bits per heavy atom. The minimum atomic E-state index is 0.519. The van der Waals surface area contributed by atoms with Gasteiger partial charge in [0.15, 0.2) is 0 Å². The Morgan fingerprint density at radius 3 is 2.82 bits per heavy atom. The summed E-state index contributed by atoms with van der Waals surface area (Å²) >= 11 is 11.9. The third-order valence-electron chi connectivity index (χ3n) is 2.10. The zero-order chi connectivity index (χ0) is 12.3. The van der Waals surface area contributed by atoms with E-state index in [1.807, 2.05) is 0 Å². The van der Waals surface area contributed by atoms with Gasteiger partial charge in [-0.1, -0.05) is 23.2 Å². The Balaban J connectivity index is 2.42. The van der Waals surface area contributed by atoms with E-state index in [9.17, 15) is 0 Å². The maximum Gasteiger partial charge on any atom is 0.145 e. The SMILES string of the molecule is CO/C(=C\n1cncn1)c1ccc(Cl)cc1Cl. The summed E-state index contributed by atoms with van der Waals surface area (Å²) in [7, 11) is 1.56. The topological polar surface area (TPSA) is 39.9 Å². The molecule has 1 aromatic heterocycles. The van der Waals surface area contributed by atoms with Crippen LogP contribution in [0.1, 0.15) is 5.56 Å². The number of hydrogen-bond donors (Lipinski definition) is 0. The van der Waals surface area contributed by atoms with Crippen LogP contribution >= 0.6 is 23.2 Å². The zero-order valence-corrected chi connectivity index (χ0v) is 10.5. The molecule has 88 valence electrons. The van der Waals surface area contributed by atoms with Crippen LogP contribution in [0.3, 0.4) is 0 Å². The number of halogens is 2. The highest BCUT2D eigenvalue weighted by atomic mass is 35.5. The van der Waals surface area contributed by atoms with Gasteiger partial charge in [0.1, 0.15) is 18.4 Å². The van der Waals surface area contributed by atoms with Gasteiger partial charge in [-0.05, 0) is 18.2 Å². The highest BCUT2D eigenvalue weighted by Gasteiger charge is 2.07. The first kappa shape index (κ1) is 12.0. The molecule has 0 atom stereocenters. The predicted molar refractivity (Wildman–Crippen MR) is 67.7 cm³/mol. The maximum absolute atomic E-state index is 6.09. The fourth-order valence-corrected chi connectivity index (χ4v) is 1.83. The Kier molecular flexibility index (Phi) is 3.66. The van der Waals surface area contributed by atoms with Crippen LogP contribution in [-0.4, -0.2) is 21.9 Å². The summed E-state index contributed by atoms with van der Waals surface area (Å²) in [6, 6.07) is 5.19. The molecule has 0 aliphatic heterocycles. The third kappa shape index (κ3) is 2.78. The molecule has 0 saturated heterocycles. The smallest absolute Gasteiger partial charge is 0.145 e. The van der Waals surface area contributed by atoms with Crippen molar-refractivity contribution in [2.75, 3.05) is 7.11 Å². The second-order valence-electron chi connectivity index (χ2n) is 3.20. The first-order valence-corrected chi connectivity index (χ1v) is 5.51.